The molecule has 0 atom stereocenters. The molecule has 1 aliphatic heterocycles. The maximum absolute atomic E-state index is 2.50. The molecule has 2 aliphatic carbocycles. The van der Waals surface area contributed by atoms with Crippen molar-refractivity contribution in [1.82, 2.24) is 0 Å². The van der Waals surface area contributed by atoms with Crippen molar-refractivity contribution in [2.24, 2.45) is 0 Å². The third-order valence-corrected chi connectivity index (χ3v) is 13.1. The van der Waals surface area contributed by atoms with E-state index >= 15 is 0 Å². The van der Waals surface area contributed by atoms with Crippen LogP contribution in [0.5, 0.6) is 0 Å². The second-order valence-electron chi connectivity index (χ2n) is 14.9. The summed E-state index contributed by atoms with van der Waals surface area (Å²) in [6.07, 6.45) is 0. The Morgan fingerprint density at radius 1 is 0.404 bits per heavy atom. The Kier molecular flexibility index (Phi) is 6.22. The number of benzene rings is 8. The van der Waals surface area contributed by atoms with Gasteiger partial charge in [0.25, 0.3) is 0 Å². The Hall–Kier alpha value is -5.83. The highest BCUT2D eigenvalue weighted by atomic mass is 32.2. The van der Waals surface area contributed by atoms with Crippen LogP contribution in [0.2, 0.25) is 0 Å². The third kappa shape index (κ3) is 3.91. The van der Waals surface area contributed by atoms with Gasteiger partial charge in [-0.2, -0.15) is 0 Å². The van der Waals surface area contributed by atoms with E-state index in [2.05, 4.69) is 195 Å². The minimum absolute atomic E-state index is 0.101. The van der Waals surface area contributed by atoms with Crippen molar-refractivity contribution in [3.63, 3.8) is 0 Å². The number of rotatable bonds is 3. The zero-order valence-corrected chi connectivity index (χ0v) is 29.9. The fourth-order valence-corrected chi connectivity index (χ4v) is 10.9. The zero-order valence-electron chi connectivity index (χ0n) is 29.1. The summed E-state index contributed by atoms with van der Waals surface area (Å²) in [6.45, 7) is 4.74. The highest BCUT2D eigenvalue weighted by molar-refractivity contribution is 7.99. The maximum Gasteiger partial charge on any atom is 0.0736 e. The lowest BCUT2D eigenvalue weighted by molar-refractivity contribution is 0.660. The minimum atomic E-state index is -0.465. The molecule has 0 radical (unpaired) electrons. The van der Waals surface area contributed by atoms with Gasteiger partial charge in [0.05, 0.1) is 11.1 Å². The van der Waals surface area contributed by atoms with Crippen LogP contribution in [0.4, 0.5) is 17.1 Å². The molecule has 1 nitrogen and oxygen atoms in total. The zero-order chi connectivity index (χ0) is 34.6. The topological polar surface area (TPSA) is 3.24 Å². The van der Waals surface area contributed by atoms with E-state index in [0.29, 0.717) is 0 Å². The molecular formula is C50H35NS. The monoisotopic (exact) mass is 681 g/mol. The fraction of sp³-hybridized carbons (Fsp3) is 0.0800. The predicted molar refractivity (Wildman–Crippen MR) is 218 cm³/mol. The molecule has 246 valence electrons. The first-order chi connectivity index (χ1) is 25.5. The molecule has 3 aliphatic rings. The molecule has 2 heteroatoms. The van der Waals surface area contributed by atoms with Crippen LogP contribution < -0.4 is 4.90 Å². The summed E-state index contributed by atoms with van der Waals surface area (Å²) in [5.74, 6) is 0. The van der Waals surface area contributed by atoms with Crippen LogP contribution >= 0.6 is 11.8 Å². The summed E-state index contributed by atoms with van der Waals surface area (Å²) in [6, 6.07) is 65.9. The number of nitrogens with zero attached hydrogens (tertiary/aromatic N) is 1. The molecule has 0 saturated carbocycles. The van der Waals surface area contributed by atoms with Gasteiger partial charge >= 0.3 is 0 Å². The van der Waals surface area contributed by atoms with Gasteiger partial charge in [0, 0.05) is 26.6 Å². The average molecular weight is 682 g/mol. The van der Waals surface area contributed by atoms with Crippen LogP contribution in [-0.2, 0) is 10.8 Å². The van der Waals surface area contributed by atoms with Gasteiger partial charge in [-0.3, -0.25) is 0 Å². The largest absolute Gasteiger partial charge is 0.309 e. The molecule has 11 rings (SSSR count). The van der Waals surface area contributed by atoms with Gasteiger partial charge in [-0.1, -0.05) is 159 Å². The number of para-hydroxylation sites is 1. The Morgan fingerprint density at radius 3 is 1.67 bits per heavy atom. The van der Waals surface area contributed by atoms with E-state index in [0.717, 1.165) is 5.69 Å². The van der Waals surface area contributed by atoms with Crippen LogP contribution in [0, 0.1) is 0 Å². The second-order valence-corrected chi connectivity index (χ2v) is 15.9. The van der Waals surface area contributed by atoms with Crippen LogP contribution in [0.15, 0.2) is 186 Å². The molecular weight excluding hydrogens is 647 g/mol. The van der Waals surface area contributed by atoms with E-state index in [-0.39, 0.29) is 5.41 Å². The van der Waals surface area contributed by atoms with Gasteiger partial charge in [0.15, 0.2) is 0 Å². The molecule has 0 saturated heterocycles. The summed E-state index contributed by atoms with van der Waals surface area (Å²) in [7, 11) is 0. The molecule has 52 heavy (non-hydrogen) atoms. The van der Waals surface area contributed by atoms with Crippen molar-refractivity contribution < 1.29 is 0 Å². The summed E-state index contributed by atoms with van der Waals surface area (Å²) in [5.41, 5.74) is 16.4. The van der Waals surface area contributed by atoms with Gasteiger partial charge in [-0.05, 0) is 109 Å². The lowest BCUT2D eigenvalue weighted by atomic mass is 9.67. The normalized spacial score (nSPS) is 15.0. The SMILES string of the molecule is CC1(C)c2ccccc2-c2ccc(N(c3ccccc3)c3cccc4c3Sc3cc5ccccc5cc3C43c4ccccc4-c4ccccc43)cc21. The van der Waals surface area contributed by atoms with E-state index in [1.54, 1.807) is 0 Å². The summed E-state index contributed by atoms with van der Waals surface area (Å²) >= 11 is 1.93. The molecule has 0 fully saturated rings. The van der Waals surface area contributed by atoms with Crippen molar-refractivity contribution in [1.29, 1.82) is 0 Å². The Balaban J connectivity index is 1.21. The van der Waals surface area contributed by atoms with Gasteiger partial charge in [0.2, 0.25) is 0 Å². The smallest absolute Gasteiger partial charge is 0.0736 e. The molecule has 0 N–H and O–H groups in total. The average Bonchev–Trinajstić information content (AvgIpc) is 3.61. The van der Waals surface area contributed by atoms with Gasteiger partial charge in [-0.15, -0.1) is 0 Å². The standard InChI is InChI=1S/C50H35NS/c1-49(2)40-22-11-8-19-36(40)39-28-27-35(31-44(39)49)51(34-17-4-3-5-18-34)46-26-14-25-43-48(46)52-47-30-33-16-7-6-15-32(33)29-45(47)50(43)41-23-12-9-20-37(41)38-21-10-13-24-42(38)50/h3-31H,1-2H3. The van der Waals surface area contributed by atoms with E-state index in [9.17, 15) is 0 Å². The maximum atomic E-state index is 2.50. The molecule has 1 spiro atoms. The molecule has 0 aromatic heterocycles. The Bertz CT molecular complexity index is 2710. The Labute approximate surface area is 309 Å². The van der Waals surface area contributed by atoms with Crippen molar-refractivity contribution in [3.05, 3.63) is 209 Å². The van der Waals surface area contributed by atoms with Crippen LogP contribution in [0.1, 0.15) is 47.2 Å². The van der Waals surface area contributed by atoms with E-state index in [1.165, 1.54) is 87.6 Å². The van der Waals surface area contributed by atoms with Crippen molar-refractivity contribution in [2.45, 2.75) is 34.5 Å². The molecule has 0 amide bonds. The molecule has 0 bridgehead atoms. The summed E-state index contributed by atoms with van der Waals surface area (Å²) < 4.78 is 0. The van der Waals surface area contributed by atoms with Gasteiger partial charge in [-0.25, -0.2) is 0 Å². The van der Waals surface area contributed by atoms with Gasteiger partial charge < -0.3 is 4.90 Å². The van der Waals surface area contributed by atoms with Crippen molar-refractivity contribution >= 4 is 39.6 Å². The molecule has 8 aromatic carbocycles. The molecule has 8 aromatic rings. The number of hydrogen-bond acceptors (Lipinski definition) is 2. The summed E-state index contributed by atoms with van der Waals surface area (Å²) in [5, 5.41) is 2.54. The Morgan fingerprint density at radius 2 is 0.962 bits per heavy atom. The number of hydrogen-bond donors (Lipinski definition) is 0. The van der Waals surface area contributed by atoms with Crippen LogP contribution in [0.25, 0.3) is 33.0 Å². The van der Waals surface area contributed by atoms with E-state index in [4.69, 9.17) is 0 Å². The quantitative estimate of drug-likeness (QED) is 0.183. The van der Waals surface area contributed by atoms with E-state index in [1.807, 2.05) is 11.8 Å². The van der Waals surface area contributed by atoms with Crippen LogP contribution in [-0.4, -0.2) is 0 Å². The lowest BCUT2D eigenvalue weighted by Gasteiger charge is -2.41. The third-order valence-electron chi connectivity index (χ3n) is 11.9. The molecule has 0 unspecified atom stereocenters. The van der Waals surface area contributed by atoms with Gasteiger partial charge in [0.1, 0.15) is 0 Å². The first kappa shape index (κ1) is 29.9. The van der Waals surface area contributed by atoms with Crippen LogP contribution in [0.3, 0.4) is 0 Å². The van der Waals surface area contributed by atoms with Crippen molar-refractivity contribution in [3.8, 4) is 22.3 Å². The fourth-order valence-electron chi connectivity index (χ4n) is 9.61. The first-order valence-corrected chi connectivity index (χ1v) is 19.0. The predicted octanol–water partition coefficient (Wildman–Crippen LogP) is 13.4. The first-order valence-electron chi connectivity index (χ1n) is 18.2. The highest BCUT2D eigenvalue weighted by Gasteiger charge is 2.51. The van der Waals surface area contributed by atoms with E-state index < -0.39 is 5.41 Å². The second kappa shape index (κ2) is 10.8. The highest BCUT2D eigenvalue weighted by Crippen LogP contribution is 2.64. The number of anilines is 3. The lowest BCUT2D eigenvalue weighted by Crippen LogP contribution is -2.32. The van der Waals surface area contributed by atoms with Crippen molar-refractivity contribution in [2.75, 3.05) is 4.90 Å². The minimum Gasteiger partial charge on any atom is -0.309 e. The number of fused-ring (bicyclic) bond motifs is 13. The summed E-state index contributed by atoms with van der Waals surface area (Å²) in [4.78, 5) is 5.10. The molecule has 1 heterocycles.